The predicted molar refractivity (Wildman–Crippen MR) is 72.9 cm³/mol. The number of anilines is 1. The van der Waals surface area contributed by atoms with Gasteiger partial charge in [-0.05, 0) is 25.3 Å². The molecule has 17 heavy (non-hydrogen) atoms. The van der Waals surface area contributed by atoms with Gasteiger partial charge in [0.25, 0.3) is 0 Å². The van der Waals surface area contributed by atoms with E-state index < -0.39 is 0 Å². The summed E-state index contributed by atoms with van der Waals surface area (Å²) in [5.74, 6) is 1.99. The molecule has 1 aliphatic rings. The van der Waals surface area contributed by atoms with Crippen molar-refractivity contribution in [3.8, 4) is 0 Å². The van der Waals surface area contributed by atoms with Crippen LogP contribution < -0.4 is 5.32 Å². The van der Waals surface area contributed by atoms with Crippen LogP contribution in [0, 0.1) is 0 Å². The van der Waals surface area contributed by atoms with Crippen LogP contribution in [0.2, 0.25) is 0 Å². The molecule has 0 aromatic carbocycles. The van der Waals surface area contributed by atoms with E-state index in [0.29, 0.717) is 0 Å². The molecule has 0 unspecified atom stereocenters. The molecule has 2 aromatic rings. The summed E-state index contributed by atoms with van der Waals surface area (Å²) in [6.07, 6.45) is 3.50. The Kier molecular flexibility index (Phi) is 2.36. The van der Waals surface area contributed by atoms with Crippen LogP contribution in [0.25, 0.3) is 10.2 Å². The molecule has 0 atom stereocenters. The highest BCUT2D eigenvalue weighted by atomic mass is 32.1. The van der Waals surface area contributed by atoms with E-state index in [-0.39, 0.29) is 5.41 Å². The molecule has 3 rings (SSSR count). The molecule has 2 aromatic heterocycles. The number of aromatic nitrogens is 2. The van der Waals surface area contributed by atoms with Crippen LogP contribution in [0.5, 0.6) is 0 Å². The lowest BCUT2D eigenvalue weighted by Gasteiger charge is -2.09. The Balaban J connectivity index is 2.21. The number of nitrogens with one attached hydrogen (secondary N) is 1. The molecule has 4 heteroatoms. The molecule has 0 radical (unpaired) electrons. The zero-order valence-corrected chi connectivity index (χ0v) is 11.3. The highest BCUT2D eigenvalue weighted by Gasteiger charge is 2.42. The average molecular weight is 247 g/mol. The Morgan fingerprint density at radius 2 is 2.18 bits per heavy atom. The molecule has 1 aliphatic carbocycles. The summed E-state index contributed by atoms with van der Waals surface area (Å²) >= 11 is 1.79. The average Bonchev–Trinajstić information content (AvgIpc) is 2.95. The van der Waals surface area contributed by atoms with Gasteiger partial charge in [0, 0.05) is 17.3 Å². The molecule has 0 aliphatic heterocycles. The number of aryl methyl sites for hydroxylation is 1. The van der Waals surface area contributed by atoms with Crippen LogP contribution in [0.15, 0.2) is 6.07 Å². The van der Waals surface area contributed by atoms with E-state index in [9.17, 15) is 0 Å². The molecular weight excluding hydrogens is 230 g/mol. The van der Waals surface area contributed by atoms with Crippen molar-refractivity contribution in [1.29, 1.82) is 0 Å². The van der Waals surface area contributed by atoms with Crippen LogP contribution in [0.4, 0.5) is 5.82 Å². The Morgan fingerprint density at radius 1 is 1.41 bits per heavy atom. The molecule has 3 nitrogen and oxygen atoms in total. The summed E-state index contributed by atoms with van der Waals surface area (Å²) < 4.78 is 0. The van der Waals surface area contributed by atoms with Gasteiger partial charge in [0.15, 0.2) is 0 Å². The molecule has 0 spiro atoms. The van der Waals surface area contributed by atoms with Crippen molar-refractivity contribution in [2.45, 2.75) is 38.5 Å². The van der Waals surface area contributed by atoms with E-state index in [0.717, 1.165) is 22.9 Å². The quantitative estimate of drug-likeness (QED) is 0.904. The maximum atomic E-state index is 4.75. The zero-order chi connectivity index (χ0) is 12.0. The van der Waals surface area contributed by atoms with E-state index in [1.54, 1.807) is 11.3 Å². The smallest absolute Gasteiger partial charge is 0.138 e. The first-order valence-electron chi connectivity index (χ1n) is 6.15. The van der Waals surface area contributed by atoms with Gasteiger partial charge in [-0.3, -0.25) is 0 Å². The monoisotopic (exact) mass is 247 g/mol. The second-order valence-electron chi connectivity index (χ2n) is 4.99. The molecule has 1 fully saturated rings. The van der Waals surface area contributed by atoms with Crippen LogP contribution in [-0.2, 0) is 11.8 Å². The van der Waals surface area contributed by atoms with Crippen LogP contribution in [0.1, 0.15) is 37.4 Å². The Labute approximate surface area is 105 Å². The third-order valence-corrected chi connectivity index (χ3v) is 4.74. The molecular formula is C13H17N3S. The van der Waals surface area contributed by atoms with Crippen molar-refractivity contribution in [2.75, 3.05) is 12.4 Å². The molecule has 0 bridgehead atoms. The summed E-state index contributed by atoms with van der Waals surface area (Å²) in [4.78, 5) is 11.9. The molecule has 90 valence electrons. The van der Waals surface area contributed by atoms with Crippen LogP contribution in [-0.4, -0.2) is 17.0 Å². The zero-order valence-electron chi connectivity index (χ0n) is 10.5. The van der Waals surface area contributed by atoms with Crippen molar-refractivity contribution in [2.24, 2.45) is 0 Å². The third-order valence-electron chi connectivity index (χ3n) is 3.57. The predicted octanol–water partition coefficient (Wildman–Crippen LogP) is 3.35. The second-order valence-corrected chi connectivity index (χ2v) is 6.11. The number of nitrogens with zero attached hydrogens (tertiary/aromatic N) is 2. The topological polar surface area (TPSA) is 37.8 Å². The molecule has 1 saturated carbocycles. The highest BCUT2D eigenvalue weighted by molar-refractivity contribution is 7.18. The van der Waals surface area contributed by atoms with Crippen molar-refractivity contribution in [3.63, 3.8) is 0 Å². The Morgan fingerprint density at radius 3 is 2.76 bits per heavy atom. The number of hydrogen-bond acceptors (Lipinski definition) is 4. The van der Waals surface area contributed by atoms with E-state index in [1.165, 1.54) is 23.1 Å². The summed E-state index contributed by atoms with van der Waals surface area (Å²) in [5, 5.41) is 4.37. The number of hydrogen-bond donors (Lipinski definition) is 1. The minimum absolute atomic E-state index is 0.232. The van der Waals surface area contributed by atoms with E-state index >= 15 is 0 Å². The summed E-state index contributed by atoms with van der Waals surface area (Å²) in [5.41, 5.74) is 0.232. The number of rotatable bonds is 3. The maximum absolute atomic E-state index is 4.75. The third kappa shape index (κ3) is 1.71. The summed E-state index contributed by atoms with van der Waals surface area (Å²) in [6.45, 7) is 4.43. The number of fused-ring (bicyclic) bond motifs is 1. The van der Waals surface area contributed by atoms with Crippen LogP contribution >= 0.6 is 11.3 Å². The summed E-state index contributed by atoms with van der Waals surface area (Å²) in [7, 11) is 1.93. The SMILES string of the molecule is CCc1cc2c(NC)nc(C3(C)CC3)nc2s1. The van der Waals surface area contributed by atoms with Gasteiger partial charge < -0.3 is 5.32 Å². The van der Waals surface area contributed by atoms with Crippen molar-refractivity contribution < 1.29 is 0 Å². The first-order valence-corrected chi connectivity index (χ1v) is 6.96. The second kappa shape index (κ2) is 3.67. The lowest BCUT2D eigenvalue weighted by atomic mass is 10.1. The van der Waals surface area contributed by atoms with E-state index in [2.05, 4.69) is 30.2 Å². The van der Waals surface area contributed by atoms with Gasteiger partial charge in [0.2, 0.25) is 0 Å². The van der Waals surface area contributed by atoms with Gasteiger partial charge in [-0.15, -0.1) is 11.3 Å². The standard InChI is InChI=1S/C13H17N3S/c1-4-8-7-9-10(14-3)15-12(13(2)5-6-13)16-11(9)17-8/h7H,4-6H2,1-3H3,(H,14,15,16). The normalized spacial score (nSPS) is 17.4. The van der Waals surface area contributed by atoms with Gasteiger partial charge >= 0.3 is 0 Å². The lowest BCUT2D eigenvalue weighted by molar-refractivity contribution is 0.717. The van der Waals surface area contributed by atoms with E-state index in [4.69, 9.17) is 4.98 Å². The molecule has 2 heterocycles. The Bertz CT molecular complexity index is 569. The van der Waals surface area contributed by atoms with Gasteiger partial charge in [-0.1, -0.05) is 13.8 Å². The lowest BCUT2D eigenvalue weighted by Crippen LogP contribution is -2.08. The van der Waals surface area contributed by atoms with Crippen LogP contribution in [0.3, 0.4) is 0 Å². The van der Waals surface area contributed by atoms with Gasteiger partial charge in [-0.25, -0.2) is 9.97 Å². The first-order chi connectivity index (χ1) is 8.16. The molecule has 1 N–H and O–H groups in total. The molecule has 0 amide bonds. The van der Waals surface area contributed by atoms with Gasteiger partial charge in [0.05, 0.1) is 5.39 Å². The van der Waals surface area contributed by atoms with Crippen molar-refractivity contribution >= 4 is 27.4 Å². The highest BCUT2D eigenvalue weighted by Crippen LogP contribution is 2.47. The minimum Gasteiger partial charge on any atom is -0.372 e. The van der Waals surface area contributed by atoms with Gasteiger partial charge in [-0.2, -0.15) is 0 Å². The fourth-order valence-corrected chi connectivity index (χ4v) is 2.98. The van der Waals surface area contributed by atoms with Gasteiger partial charge in [0.1, 0.15) is 16.5 Å². The van der Waals surface area contributed by atoms with Crippen molar-refractivity contribution in [3.05, 3.63) is 16.8 Å². The fourth-order valence-electron chi connectivity index (χ4n) is 2.02. The van der Waals surface area contributed by atoms with E-state index in [1.807, 2.05) is 7.05 Å². The number of thiophene rings is 1. The Hall–Kier alpha value is -1.16. The fraction of sp³-hybridized carbons (Fsp3) is 0.538. The largest absolute Gasteiger partial charge is 0.372 e. The first kappa shape index (κ1) is 11.0. The van der Waals surface area contributed by atoms with Crippen molar-refractivity contribution in [1.82, 2.24) is 9.97 Å². The molecule has 0 saturated heterocycles. The minimum atomic E-state index is 0.232. The maximum Gasteiger partial charge on any atom is 0.138 e. The summed E-state index contributed by atoms with van der Waals surface area (Å²) in [6, 6.07) is 2.21.